The summed E-state index contributed by atoms with van der Waals surface area (Å²) in [6.45, 7) is 1.61. The third-order valence-electron chi connectivity index (χ3n) is 1.04. The highest BCUT2D eigenvalue weighted by molar-refractivity contribution is 14.2. The van der Waals surface area contributed by atoms with Crippen LogP contribution in [0.2, 0.25) is 0 Å². The van der Waals surface area contributed by atoms with E-state index in [-0.39, 0.29) is 0 Å². The van der Waals surface area contributed by atoms with Gasteiger partial charge in [-0.25, -0.2) is 4.31 Å². The van der Waals surface area contributed by atoms with Crippen LogP contribution in [-0.2, 0) is 0 Å². The van der Waals surface area contributed by atoms with Crippen molar-refractivity contribution in [2.45, 2.75) is 5.66 Å². The van der Waals surface area contributed by atoms with Crippen molar-refractivity contribution in [3.63, 3.8) is 0 Å². The maximum absolute atomic E-state index is 5.51. The zero-order chi connectivity index (χ0) is 6.20. The lowest BCUT2D eigenvalue weighted by Gasteiger charge is -2.42. The van der Waals surface area contributed by atoms with Crippen LogP contribution in [0.4, 0.5) is 0 Å². The summed E-state index contributed by atoms with van der Waals surface area (Å²) in [5, 5.41) is 0. The SMILES string of the molecule is NC1(N)CN(SI)C1. The van der Waals surface area contributed by atoms with E-state index in [0.29, 0.717) is 0 Å². The Kier molecular flexibility index (Phi) is 2.03. The molecule has 0 atom stereocenters. The highest BCUT2D eigenvalue weighted by atomic mass is 127. The summed E-state index contributed by atoms with van der Waals surface area (Å²) in [7, 11) is 1.66. The van der Waals surface area contributed by atoms with E-state index in [2.05, 4.69) is 25.5 Å². The molecular formula is C3H8IN3S. The molecule has 5 heteroatoms. The van der Waals surface area contributed by atoms with Gasteiger partial charge in [-0.3, -0.25) is 0 Å². The van der Waals surface area contributed by atoms with Gasteiger partial charge >= 0.3 is 0 Å². The van der Waals surface area contributed by atoms with Gasteiger partial charge in [0.1, 0.15) is 0 Å². The van der Waals surface area contributed by atoms with Crippen molar-refractivity contribution >= 4 is 30.3 Å². The molecule has 0 unspecified atom stereocenters. The molecule has 0 bridgehead atoms. The molecule has 0 aromatic heterocycles. The van der Waals surface area contributed by atoms with Gasteiger partial charge in [0, 0.05) is 34.3 Å². The van der Waals surface area contributed by atoms with Crippen LogP contribution in [0.25, 0.3) is 0 Å². The number of nitrogens with two attached hydrogens (primary N) is 2. The van der Waals surface area contributed by atoms with Gasteiger partial charge in [0.05, 0.1) is 5.66 Å². The Hall–Kier alpha value is 0.960. The van der Waals surface area contributed by atoms with Crippen LogP contribution in [0.3, 0.4) is 0 Å². The first-order valence-corrected chi connectivity index (χ1v) is 5.57. The fraction of sp³-hybridized carbons (Fsp3) is 1.00. The fourth-order valence-corrected chi connectivity index (χ4v) is 2.07. The van der Waals surface area contributed by atoms with E-state index in [4.69, 9.17) is 11.5 Å². The van der Waals surface area contributed by atoms with Crippen molar-refractivity contribution in [3.05, 3.63) is 0 Å². The highest BCUT2D eigenvalue weighted by Gasteiger charge is 2.35. The van der Waals surface area contributed by atoms with E-state index in [1.54, 1.807) is 9.12 Å². The van der Waals surface area contributed by atoms with Gasteiger partial charge in [0.25, 0.3) is 0 Å². The zero-order valence-electron chi connectivity index (χ0n) is 4.30. The van der Waals surface area contributed by atoms with Crippen molar-refractivity contribution < 1.29 is 0 Å². The van der Waals surface area contributed by atoms with Crippen molar-refractivity contribution in [1.29, 1.82) is 0 Å². The Balaban J connectivity index is 2.21. The smallest absolute Gasteiger partial charge is 0.0917 e. The Morgan fingerprint density at radius 3 is 2.12 bits per heavy atom. The summed E-state index contributed by atoms with van der Waals surface area (Å²) >= 11 is 2.21. The van der Waals surface area contributed by atoms with Gasteiger partial charge in [-0.2, -0.15) is 0 Å². The first kappa shape index (κ1) is 7.07. The topological polar surface area (TPSA) is 55.3 Å². The molecule has 1 saturated heterocycles. The molecule has 3 nitrogen and oxygen atoms in total. The summed E-state index contributed by atoms with van der Waals surface area (Å²) in [6.07, 6.45) is 0. The van der Waals surface area contributed by atoms with Crippen molar-refractivity contribution in [3.8, 4) is 0 Å². The average molecular weight is 245 g/mol. The maximum Gasteiger partial charge on any atom is 0.0917 e. The molecule has 0 spiro atoms. The molecule has 0 radical (unpaired) electrons. The predicted molar refractivity (Wildman–Crippen MR) is 44.3 cm³/mol. The molecule has 4 N–H and O–H groups in total. The third kappa shape index (κ3) is 1.47. The number of rotatable bonds is 1. The molecule has 1 heterocycles. The first-order chi connectivity index (χ1) is 3.64. The van der Waals surface area contributed by atoms with Crippen LogP contribution in [0, 0.1) is 0 Å². The molecule has 48 valence electrons. The van der Waals surface area contributed by atoms with Gasteiger partial charge < -0.3 is 11.5 Å². The zero-order valence-corrected chi connectivity index (χ0v) is 7.28. The highest BCUT2D eigenvalue weighted by Crippen LogP contribution is 2.26. The van der Waals surface area contributed by atoms with E-state index in [0.717, 1.165) is 13.1 Å². The largest absolute Gasteiger partial charge is 0.311 e. The normalized spacial score (nSPS) is 27.4. The summed E-state index contributed by atoms with van der Waals surface area (Å²) in [5.74, 6) is 0. The van der Waals surface area contributed by atoms with Crippen molar-refractivity contribution in [1.82, 2.24) is 4.31 Å². The quantitative estimate of drug-likeness (QED) is 0.385. The van der Waals surface area contributed by atoms with E-state index < -0.39 is 5.66 Å². The van der Waals surface area contributed by atoms with E-state index in [1.165, 1.54) is 0 Å². The summed E-state index contributed by atoms with van der Waals surface area (Å²) in [6, 6.07) is 0. The van der Waals surface area contributed by atoms with Crippen LogP contribution in [0.1, 0.15) is 0 Å². The van der Waals surface area contributed by atoms with E-state index >= 15 is 0 Å². The predicted octanol–water partition coefficient (Wildman–Crippen LogP) is -0.0861. The van der Waals surface area contributed by atoms with Crippen molar-refractivity contribution in [2.75, 3.05) is 13.1 Å². The van der Waals surface area contributed by atoms with Crippen LogP contribution in [-0.4, -0.2) is 23.1 Å². The molecule has 8 heavy (non-hydrogen) atoms. The summed E-state index contributed by atoms with van der Waals surface area (Å²) < 4.78 is 2.11. The number of halogens is 1. The van der Waals surface area contributed by atoms with Gasteiger partial charge in [-0.1, -0.05) is 0 Å². The molecule has 1 rings (SSSR count). The van der Waals surface area contributed by atoms with Gasteiger partial charge in [0.2, 0.25) is 0 Å². The fourth-order valence-electron chi connectivity index (χ4n) is 0.659. The molecule has 0 amide bonds. The maximum atomic E-state index is 5.51. The van der Waals surface area contributed by atoms with Crippen LogP contribution in [0.5, 0.6) is 0 Å². The lowest BCUT2D eigenvalue weighted by Crippen LogP contribution is -2.70. The minimum Gasteiger partial charge on any atom is -0.311 e. The minimum atomic E-state index is -0.405. The van der Waals surface area contributed by atoms with Crippen LogP contribution >= 0.6 is 30.3 Å². The van der Waals surface area contributed by atoms with E-state index in [9.17, 15) is 0 Å². The Morgan fingerprint density at radius 2 is 2.00 bits per heavy atom. The number of hydrogen-bond acceptors (Lipinski definition) is 4. The molecule has 1 aliphatic heterocycles. The standard InChI is InChI=1S/C3H8IN3S/c4-8-7-1-3(5,6)2-7/h1-2,5-6H2. The Morgan fingerprint density at radius 1 is 1.50 bits per heavy atom. The second-order valence-corrected chi connectivity index (χ2v) is 3.94. The second-order valence-electron chi connectivity index (χ2n) is 2.10. The van der Waals surface area contributed by atoms with Crippen molar-refractivity contribution in [2.24, 2.45) is 11.5 Å². The molecular weight excluding hydrogens is 237 g/mol. The molecule has 0 aromatic rings. The molecule has 0 saturated carbocycles. The molecule has 1 fully saturated rings. The van der Waals surface area contributed by atoms with E-state index in [1.807, 2.05) is 0 Å². The Bertz CT molecular complexity index is 88.5. The summed E-state index contributed by atoms with van der Waals surface area (Å²) in [4.78, 5) is 0. The second kappa shape index (κ2) is 2.30. The summed E-state index contributed by atoms with van der Waals surface area (Å²) in [5.41, 5.74) is 10.6. The Labute approximate surface area is 64.9 Å². The first-order valence-electron chi connectivity index (χ1n) is 2.25. The monoisotopic (exact) mass is 245 g/mol. The number of hydrogen-bond donors (Lipinski definition) is 2. The third-order valence-corrected chi connectivity index (χ3v) is 3.16. The lowest BCUT2D eigenvalue weighted by atomic mass is 10.1. The van der Waals surface area contributed by atoms with Gasteiger partial charge in [-0.15, -0.1) is 0 Å². The van der Waals surface area contributed by atoms with Crippen LogP contribution < -0.4 is 11.5 Å². The van der Waals surface area contributed by atoms with Crippen LogP contribution in [0.15, 0.2) is 0 Å². The average Bonchev–Trinajstić information content (AvgIpc) is 1.60. The lowest BCUT2D eigenvalue weighted by molar-refractivity contribution is 0.182. The minimum absolute atomic E-state index is 0.405. The molecule has 1 aliphatic rings. The molecule has 0 aliphatic carbocycles. The number of nitrogens with zero attached hydrogens (tertiary/aromatic N) is 1. The molecule has 0 aromatic carbocycles. The van der Waals surface area contributed by atoms with Gasteiger partial charge in [-0.05, 0) is 9.12 Å². The van der Waals surface area contributed by atoms with Gasteiger partial charge in [0.15, 0.2) is 0 Å².